The van der Waals surface area contributed by atoms with Crippen LogP contribution in [0.4, 0.5) is 17.5 Å². The lowest BCUT2D eigenvalue weighted by atomic mass is 10.1. The van der Waals surface area contributed by atoms with Crippen LogP contribution in [-0.4, -0.2) is 49.2 Å². The van der Waals surface area contributed by atoms with Crippen molar-refractivity contribution in [3.8, 4) is 0 Å². The molecular formula is C22H31N5. The quantitative estimate of drug-likeness (QED) is 0.828. The van der Waals surface area contributed by atoms with Crippen LogP contribution in [0.25, 0.3) is 0 Å². The van der Waals surface area contributed by atoms with Gasteiger partial charge in [-0.05, 0) is 57.2 Å². The van der Waals surface area contributed by atoms with Gasteiger partial charge < -0.3 is 14.7 Å². The molecule has 1 aromatic heterocycles. The van der Waals surface area contributed by atoms with Gasteiger partial charge in [0.15, 0.2) is 0 Å². The Morgan fingerprint density at radius 1 is 0.741 bits per heavy atom. The van der Waals surface area contributed by atoms with Crippen LogP contribution < -0.4 is 14.7 Å². The highest BCUT2D eigenvalue weighted by atomic mass is 15.3. The van der Waals surface area contributed by atoms with E-state index >= 15 is 0 Å². The second-order valence-electron chi connectivity index (χ2n) is 7.91. The van der Waals surface area contributed by atoms with E-state index in [1.807, 2.05) is 0 Å². The average molecular weight is 366 g/mol. The van der Waals surface area contributed by atoms with Gasteiger partial charge in [-0.25, -0.2) is 4.98 Å². The number of nitrogens with zero attached hydrogens (tertiary/aromatic N) is 5. The minimum absolute atomic E-state index is 0.899. The van der Waals surface area contributed by atoms with E-state index in [2.05, 4.69) is 59.7 Å². The minimum atomic E-state index is 0.899. The molecule has 2 aromatic rings. The number of benzene rings is 1. The summed E-state index contributed by atoms with van der Waals surface area (Å²) in [5.74, 6) is 2.00. The molecule has 3 heterocycles. The van der Waals surface area contributed by atoms with E-state index in [9.17, 15) is 0 Å². The van der Waals surface area contributed by atoms with E-state index in [0.29, 0.717) is 0 Å². The Morgan fingerprint density at radius 3 is 2.19 bits per heavy atom. The first kappa shape index (κ1) is 18.1. The molecule has 0 N–H and O–H groups in total. The van der Waals surface area contributed by atoms with Crippen LogP contribution in [0.3, 0.4) is 0 Å². The first-order valence-corrected chi connectivity index (χ1v) is 10.3. The van der Waals surface area contributed by atoms with Gasteiger partial charge in [0.2, 0.25) is 5.95 Å². The number of anilines is 3. The van der Waals surface area contributed by atoms with Gasteiger partial charge in [0.05, 0.1) is 0 Å². The van der Waals surface area contributed by atoms with Crippen molar-refractivity contribution in [2.24, 2.45) is 0 Å². The summed E-state index contributed by atoms with van der Waals surface area (Å²) in [6.07, 6.45) is 3.88. The summed E-state index contributed by atoms with van der Waals surface area (Å²) in [5, 5.41) is 0. The molecule has 0 amide bonds. The number of piperazine rings is 1. The second kappa shape index (κ2) is 7.75. The average Bonchev–Trinajstić information content (AvgIpc) is 2.70. The Balaban J connectivity index is 1.48. The normalized spacial score (nSPS) is 18.1. The van der Waals surface area contributed by atoms with Gasteiger partial charge in [-0.1, -0.05) is 12.1 Å². The number of hydrogen-bond donors (Lipinski definition) is 0. The van der Waals surface area contributed by atoms with Gasteiger partial charge in [-0.3, -0.25) is 0 Å². The standard InChI is InChI=1S/C22H31N5/c1-17-8-7-9-20(19(17)3)25-12-14-27(15-13-25)22-23-18(2)16-21(24-22)26-10-5-4-6-11-26/h7-9,16H,4-6,10-15H2,1-3H3. The molecule has 0 atom stereocenters. The minimum Gasteiger partial charge on any atom is -0.368 e. The third-order valence-electron chi connectivity index (χ3n) is 5.99. The van der Waals surface area contributed by atoms with Crippen molar-refractivity contribution in [3.63, 3.8) is 0 Å². The molecule has 2 fully saturated rings. The van der Waals surface area contributed by atoms with Gasteiger partial charge in [0.25, 0.3) is 0 Å². The van der Waals surface area contributed by atoms with Crippen LogP contribution in [0.15, 0.2) is 24.3 Å². The molecular weight excluding hydrogens is 334 g/mol. The zero-order valence-electron chi connectivity index (χ0n) is 16.9. The lowest BCUT2D eigenvalue weighted by molar-refractivity contribution is 0.571. The number of piperidine rings is 1. The van der Waals surface area contributed by atoms with Crippen molar-refractivity contribution in [2.75, 3.05) is 54.0 Å². The molecule has 0 unspecified atom stereocenters. The zero-order valence-corrected chi connectivity index (χ0v) is 16.9. The van der Waals surface area contributed by atoms with Crippen molar-refractivity contribution < 1.29 is 0 Å². The summed E-state index contributed by atoms with van der Waals surface area (Å²) in [6.45, 7) is 12.7. The summed E-state index contributed by atoms with van der Waals surface area (Å²) in [6, 6.07) is 8.74. The molecule has 0 bridgehead atoms. The maximum absolute atomic E-state index is 4.93. The van der Waals surface area contributed by atoms with Gasteiger partial charge in [0, 0.05) is 56.7 Å². The van der Waals surface area contributed by atoms with Crippen LogP contribution in [0, 0.1) is 20.8 Å². The summed E-state index contributed by atoms with van der Waals surface area (Å²) in [7, 11) is 0. The highest BCUT2D eigenvalue weighted by Gasteiger charge is 2.22. The molecule has 4 rings (SSSR count). The summed E-state index contributed by atoms with van der Waals surface area (Å²) in [4.78, 5) is 17.0. The maximum Gasteiger partial charge on any atom is 0.227 e. The van der Waals surface area contributed by atoms with Gasteiger partial charge >= 0.3 is 0 Å². The van der Waals surface area contributed by atoms with Crippen LogP contribution in [0.2, 0.25) is 0 Å². The SMILES string of the molecule is Cc1cc(N2CCCCC2)nc(N2CCN(c3cccc(C)c3C)CC2)n1. The van der Waals surface area contributed by atoms with Gasteiger partial charge in [-0.2, -0.15) is 4.98 Å². The third-order valence-corrected chi connectivity index (χ3v) is 5.99. The molecule has 2 aliphatic heterocycles. The molecule has 2 saturated heterocycles. The molecule has 5 nitrogen and oxygen atoms in total. The Labute approximate surface area is 163 Å². The molecule has 144 valence electrons. The first-order chi connectivity index (χ1) is 13.1. The van der Waals surface area contributed by atoms with E-state index in [4.69, 9.17) is 9.97 Å². The van der Waals surface area contributed by atoms with Crippen LogP contribution in [0.1, 0.15) is 36.1 Å². The smallest absolute Gasteiger partial charge is 0.227 e. The van der Waals surface area contributed by atoms with Gasteiger partial charge in [0.1, 0.15) is 5.82 Å². The predicted octanol–water partition coefficient (Wildman–Crippen LogP) is 3.72. The molecule has 27 heavy (non-hydrogen) atoms. The van der Waals surface area contributed by atoms with Crippen molar-refractivity contribution in [1.29, 1.82) is 0 Å². The predicted molar refractivity (Wildman–Crippen MR) is 113 cm³/mol. The molecule has 1 aromatic carbocycles. The van der Waals surface area contributed by atoms with E-state index in [-0.39, 0.29) is 0 Å². The van der Waals surface area contributed by atoms with Crippen molar-refractivity contribution in [2.45, 2.75) is 40.0 Å². The topological polar surface area (TPSA) is 35.5 Å². The summed E-state index contributed by atoms with van der Waals surface area (Å²) in [5.41, 5.74) is 5.19. The number of aryl methyl sites for hydroxylation is 2. The fourth-order valence-corrected chi connectivity index (χ4v) is 4.19. The Hall–Kier alpha value is -2.30. The van der Waals surface area contributed by atoms with E-state index < -0.39 is 0 Å². The summed E-state index contributed by atoms with van der Waals surface area (Å²) >= 11 is 0. The third kappa shape index (κ3) is 3.87. The van der Waals surface area contributed by atoms with Crippen LogP contribution >= 0.6 is 0 Å². The Kier molecular flexibility index (Phi) is 5.19. The number of rotatable bonds is 3. The molecule has 5 heteroatoms. The highest BCUT2D eigenvalue weighted by molar-refractivity contribution is 5.57. The Morgan fingerprint density at radius 2 is 1.44 bits per heavy atom. The maximum atomic E-state index is 4.93. The lowest BCUT2D eigenvalue weighted by Gasteiger charge is -2.37. The van der Waals surface area contributed by atoms with E-state index in [0.717, 1.165) is 56.7 Å². The second-order valence-corrected chi connectivity index (χ2v) is 7.91. The fraction of sp³-hybridized carbons (Fsp3) is 0.545. The monoisotopic (exact) mass is 365 g/mol. The fourth-order valence-electron chi connectivity index (χ4n) is 4.19. The first-order valence-electron chi connectivity index (χ1n) is 10.3. The number of hydrogen-bond acceptors (Lipinski definition) is 5. The molecule has 0 saturated carbocycles. The molecule has 2 aliphatic rings. The number of aromatic nitrogens is 2. The van der Waals surface area contributed by atoms with Crippen LogP contribution in [-0.2, 0) is 0 Å². The van der Waals surface area contributed by atoms with Crippen molar-refractivity contribution in [3.05, 3.63) is 41.1 Å². The zero-order chi connectivity index (χ0) is 18.8. The largest absolute Gasteiger partial charge is 0.368 e. The van der Waals surface area contributed by atoms with E-state index in [1.165, 1.54) is 36.1 Å². The van der Waals surface area contributed by atoms with Crippen molar-refractivity contribution in [1.82, 2.24) is 9.97 Å². The van der Waals surface area contributed by atoms with E-state index in [1.54, 1.807) is 0 Å². The van der Waals surface area contributed by atoms with Crippen LogP contribution in [0.5, 0.6) is 0 Å². The molecule has 0 aliphatic carbocycles. The highest BCUT2D eigenvalue weighted by Crippen LogP contribution is 2.26. The summed E-state index contributed by atoms with van der Waals surface area (Å²) < 4.78 is 0. The Bertz CT molecular complexity index is 789. The molecule has 0 radical (unpaired) electrons. The van der Waals surface area contributed by atoms with Gasteiger partial charge in [-0.15, -0.1) is 0 Å². The molecule has 0 spiro atoms. The lowest BCUT2D eigenvalue weighted by Crippen LogP contribution is -2.47. The van der Waals surface area contributed by atoms with Crippen molar-refractivity contribution >= 4 is 17.5 Å².